The molecule has 1 aliphatic heterocycles. The van der Waals surface area contributed by atoms with Crippen molar-refractivity contribution in [2.45, 2.75) is 19.0 Å². The van der Waals surface area contributed by atoms with Crippen LogP contribution in [0.5, 0.6) is 0 Å². The van der Waals surface area contributed by atoms with Crippen molar-refractivity contribution in [1.29, 1.82) is 0 Å². The first-order valence-corrected chi connectivity index (χ1v) is 10.7. The first-order chi connectivity index (χ1) is 15.3. The minimum Gasteiger partial charge on any atom is -0.338 e. The number of amides is 2. The highest BCUT2D eigenvalue weighted by Gasteiger charge is 2.32. The van der Waals surface area contributed by atoms with Gasteiger partial charge in [0.2, 0.25) is 0 Å². The van der Waals surface area contributed by atoms with Crippen molar-refractivity contribution in [3.05, 3.63) is 126 Å². The van der Waals surface area contributed by atoms with Gasteiger partial charge >= 0.3 is 6.03 Å². The van der Waals surface area contributed by atoms with Crippen LogP contribution in [0.3, 0.4) is 0 Å². The Morgan fingerprint density at radius 3 is 2.35 bits per heavy atom. The third-order valence-electron chi connectivity index (χ3n) is 5.87. The van der Waals surface area contributed by atoms with E-state index >= 15 is 0 Å². The van der Waals surface area contributed by atoms with Gasteiger partial charge in [0.15, 0.2) is 0 Å². The second-order valence-electron chi connectivity index (χ2n) is 7.84. The second-order valence-corrected chi connectivity index (χ2v) is 7.84. The number of para-hydroxylation sites is 1. The van der Waals surface area contributed by atoms with Gasteiger partial charge in [-0.2, -0.15) is 0 Å². The molecule has 3 aromatic carbocycles. The van der Waals surface area contributed by atoms with Crippen molar-refractivity contribution in [3.8, 4) is 5.69 Å². The monoisotopic (exact) mass is 407 g/mol. The van der Waals surface area contributed by atoms with E-state index in [0.717, 1.165) is 28.9 Å². The third-order valence-corrected chi connectivity index (χ3v) is 5.87. The molecule has 0 fully saturated rings. The summed E-state index contributed by atoms with van der Waals surface area (Å²) in [5.74, 6) is 0. The SMILES string of the molecule is O=C(NCCc1ccccc1)N1Cc2ccccc2-n2cccc2[C@H]1c1ccccc1. The molecule has 0 bridgehead atoms. The van der Waals surface area contributed by atoms with Gasteiger partial charge in [-0.3, -0.25) is 0 Å². The Morgan fingerprint density at radius 1 is 0.839 bits per heavy atom. The number of nitrogens with one attached hydrogen (secondary N) is 1. The third kappa shape index (κ3) is 3.84. The fourth-order valence-corrected chi connectivity index (χ4v) is 4.39. The fraction of sp³-hybridized carbons (Fsp3) is 0.148. The van der Waals surface area contributed by atoms with Gasteiger partial charge in [-0.05, 0) is 41.3 Å². The van der Waals surface area contributed by atoms with E-state index in [-0.39, 0.29) is 12.1 Å². The minimum absolute atomic E-state index is 0.0470. The number of fused-ring (bicyclic) bond motifs is 3. The largest absolute Gasteiger partial charge is 0.338 e. The lowest BCUT2D eigenvalue weighted by atomic mass is 10.0. The summed E-state index contributed by atoms with van der Waals surface area (Å²) in [6.45, 7) is 1.15. The van der Waals surface area contributed by atoms with Gasteiger partial charge < -0.3 is 14.8 Å². The number of hydrogen-bond acceptors (Lipinski definition) is 1. The zero-order valence-electron chi connectivity index (χ0n) is 17.3. The molecule has 0 unspecified atom stereocenters. The van der Waals surface area contributed by atoms with Crippen LogP contribution in [-0.2, 0) is 13.0 Å². The number of benzene rings is 3. The zero-order valence-corrected chi connectivity index (χ0v) is 17.3. The molecular weight excluding hydrogens is 382 g/mol. The standard InChI is InChI=1S/C27H25N3O/c31-27(28-18-17-21-10-3-1-4-11-21)30-20-23-14-7-8-15-24(23)29-19-9-16-25(29)26(30)22-12-5-2-6-13-22/h1-16,19,26H,17-18,20H2,(H,28,31)/t26-/m1/s1. The van der Waals surface area contributed by atoms with E-state index in [1.165, 1.54) is 5.56 Å². The molecule has 2 heterocycles. The van der Waals surface area contributed by atoms with Crippen LogP contribution in [0.25, 0.3) is 5.69 Å². The van der Waals surface area contributed by atoms with Gasteiger partial charge in [-0.15, -0.1) is 0 Å². The minimum atomic E-state index is -0.166. The molecule has 4 aromatic rings. The maximum absolute atomic E-state index is 13.5. The summed E-state index contributed by atoms with van der Waals surface area (Å²) in [5.41, 5.74) is 5.68. The molecule has 1 atom stereocenters. The lowest BCUT2D eigenvalue weighted by molar-refractivity contribution is 0.181. The topological polar surface area (TPSA) is 37.3 Å². The molecule has 1 aliphatic rings. The van der Waals surface area contributed by atoms with E-state index in [4.69, 9.17) is 0 Å². The maximum Gasteiger partial charge on any atom is 0.318 e. The average molecular weight is 408 g/mol. The lowest BCUT2D eigenvalue weighted by Crippen LogP contribution is -2.42. The molecular formula is C27H25N3O. The van der Waals surface area contributed by atoms with Gasteiger partial charge in [0.05, 0.1) is 18.3 Å². The maximum atomic E-state index is 13.5. The normalized spacial score (nSPS) is 15.0. The van der Waals surface area contributed by atoms with Crippen molar-refractivity contribution in [2.75, 3.05) is 6.54 Å². The molecule has 5 rings (SSSR count). The molecule has 31 heavy (non-hydrogen) atoms. The molecule has 0 radical (unpaired) electrons. The van der Waals surface area contributed by atoms with Crippen LogP contribution in [0, 0.1) is 0 Å². The Morgan fingerprint density at radius 2 is 1.55 bits per heavy atom. The van der Waals surface area contributed by atoms with E-state index in [2.05, 4.69) is 70.7 Å². The molecule has 0 spiro atoms. The van der Waals surface area contributed by atoms with Gasteiger partial charge in [0.25, 0.3) is 0 Å². The van der Waals surface area contributed by atoms with Crippen LogP contribution in [-0.4, -0.2) is 22.0 Å². The number of urea groups is 1. The zero-order chi connectivity index (χ0) is 21.0. The Kier molecular flexibility index (Phi) is 5.28. The quantitative estimate of drug-likeness (QED) is 0.487. The smallest absolute Gasteiger partial charge is 0.318 e. The molecule has 4 nitrogen and oxygen atoms in total. The number of rotatable bonds is 4. The first-order valence-electron chi connectivity index (χ1n) is 10.7. The summed E-state index contributed by atoms with van der Waals surface area (Å²) in [6.07, 6.45) is 2.89. The number of carbonyl (C=O) groups excluding carboxylic acids is 1. The molecule has 0 saturated heterocycles. The van der Waals surface area contributed by atoms with Crippen molar-refractivity contribution in [2.24, 2.45) is 0 Å². The van der Waals surface area contributed by atoms with Gasteiger partial charge in [-0.1, -0.05) is 78.9 Å². The van der Waals surface area contributed by atoms with E-state index in [1.807, 2.05) is 47.4 Å². The molecule has 1 N–H and O–H groups in total. The van der Waals surface area contributed by atoms with E-state index in [0.29, 0.717) is 13.1 Å². The molecule has 0 aliphatic carbocycles. The summed E-state index contributed by atoms with van der Waals surface area (Å²) in [7, 11) is 0. The fourth-order valence-electron chi connectivity index (χ4n) is 4.39. The van der Waals surface area contributed by atoms with E-state index < -0.39 is 0 Å². The van der Waals surface area contributed by atoms with Crippen molar-refractivity contribution in [1.82, 2.24) is 14.8 Å². The molecule has 4 heteroatoms. The summed E-state index contributed by atoms with van der Waals surface area (Å²) < 4.78 is 2.21. The van der Waals surface area contributed by atoms with Crippen LogP contribution in [0.2, 0.25) is 0 Å². The second kappa shape index (κ2) is 8.52. The van der Waals surface area contributed by atoms with Crippen molar-refractivity contribution < 1.29 is 4.79 Å². The first kappa shape index (κ1) is 19.2. The predicted molar refractivity (Wildman–Crippen MR) is 123 cm³/mol. The molecule has 1 aromatic heterocycles. The molecule has 0 saturated carbocycles. The van der Waals surface area contributed by atoms with Crippen LogP contribution in [0.15, 0.2) is 103 Å². The Labute approximate surface area is 182 Å². The highest BCUT2D eigenvalue weighted by molar-refractivity contribution is 5.76. The highest BCUT2D eigenvalue weighted by atomic mass is 16.2. The van der Waals surface area contributed by atoms with Gasteiger partial charge in [0, 0.05) is 18.4 Å². The van der Waals surface area contributed by atoms with Crippen LogP contribution in [0.1, 0.15) is 28.4 Å². The highest BCUT2D eigenvalue weighted by Crippen LogP contribution is 2.36. The van der Waals surface area contributed by atoms with Crippen LogP contribution < -0.4 is 5.32 Å². The van der Waals surface area contributed by atoms with Crippen molar-refractivity contribution in [3.63, 3.8) is 0 Å². The van der Waals surface area contributed by atoms with Gasteiger partial charge in [0.1, 0.15) is 0 Å². The summed E-state index contributed by atoms with van der Waals surface area (Å²) in [6, 6.07) is 32.8. The number of hydrogen-bond donors (Lipinski definition) is 1. The predicted octanol–water partition coefficient (Wildman–Crippen LogP) is 5.33. The Balaban J connectivity index is 1.49. The van der Waals surface area contributed by atoms with Crippen molar-refractivity contribution >= 4 is 6.03 Å². The molecule has 2 amide bonds. The number of carbonyl (C=O) groups is 1. The van der Waals surface area contributed by atoms with Crippen LogP contribution in [0.4, 0.5) is 4.79 Å². The van der Waals surface area contributed by atoms with Crippen LogP contribution >= 0.6 is 0 Å². The summed E-state index contributed by atoms with van der Waals surface area (Å²) in [5, 5.41) is 3.16. The number of aromatic nitrogens is 1. The Hall–Kier alpha value is -3.79. The lowest BCUT2D eigenvalue weighted by Gasteiger charge is -2.31. The van der Waals surface area contributed by atoms with Gasteiger partial charge in [-0.25, -0.2) is 4.79 Å². The van der Waals surface area contributed by atoms with E-state index in [1.54, 1.807) is 0 Å². The summed E-state index contributed by atoms with van der Waals surface area (Å²) in [4.78, 5) is 15.4. The molecule has 154 valence electrons. The average Bonchev–Trinajstić information content (AvgIpc) is 3.24. The number of nitrogens with zero attached hydrogens (tertiary/aromatic N) is 2. The Bertz CT molecular complexity index is 1170. The summed E-state index contributed by atoms with van der Waals surface area (Å²) >= 11 is 0. The van der Waals surface area contributed by atoms with E-state index in [9.17, 15) is 4.79 Å².